The third-order valence-electron chi connectivity index (χ3n) is 5.04. The number of hydrogen-bond donors (Lipinski definition) is 2. The van der Waals surface area contributed by atoms with Crippen molar-refractivity contribution in [1.29, 1.82) is 0 Å². The molecule has 21 heavy (non-hydrogen) atoms. The lowest BCUT2D eigenvalue weighted by molar-refractivity contribution is 0.0801. The normalized spacial score (nSPS) is 20.2. The minimum Gasteiger partial charge on any atom is -0.302 e. The van der Waals surface area contributed by atoms with Crippen LogP contribution >= 0.6 is 0 Å². The molecule has 1 aliphatic rings. The molecule has 0 heterocycles. The van der Waals surface area contributed by atoms with Gasteiger partial charge in [0.2, 0.25) is 0 Å². The zero-order valence-corrected chi connectivity index (χ0v) is 13.2. The number of hydrogen-bond acceptors (Lipinski definition) is 3. The molecule has 0 saturated heterocycles. The number of benzene rings is 1. The monoisotopic (exact) mass is 293 g/mol. The van der Waals surface area contributed by atoms with E-state index in [4.69, 9.17) is 5.84 Å². The van der Waals surface area contributed by atoms with E-state index in [-0.39, 0.29) is 17.4 Å². The van der Waals surface area contributed by atoms with Crippen LogP contribution in [0, 0.1) is 5.82 Å². The summed E-state index contributed by atoms with van der Waals surface area (Å²) in [5.74, 6) is 5.72. The Morgan fingerprint density at radius 2 is 1.90 bits per heavy atom. The zero-order chi connectivity index (χ0) is 15.3. The highest BCUT2D eigenvalue weighted by atomic mass is 19.1. The summed E-state index contributed by atoms with van der Waals surface area (Å²) < 4.78 is 13.4. The van der Waals surface area contributed by atoms with Crippen LogP contribution in [0.1, 0.15) is 44.1 Å². The molecule has 1 saturated carbocycles. The second-order valence-corrected chi connectivity index (χ2v) is 6.47. The van der Waals surface area contributed by atoms with Crippen molar-refractivity contribution in [3.8, 4) is 0 Å². The summed E-state index contributed by atoms with van der Waals surface area (Å²) >= 11 is 0. The molecule has 2 rings (SSSR count). The van der Waals surface area contributed by atoms with E-state index in [1.54, 1.807) is 12.1 Å². The second-order valence-electron chi connectivity index (χ2n) is 6.47. The molecule has 1 aromatic rings. The molecule has 0 aromatic heterocycles. The minimum atomic E-state index is -0.178. The molecule has 118 valence electrons. The molecule has 0 aliphatic heterocycles. The van der Waals surface area contributed by atoms with E-state index in [0.717, 1.165) is 24.8 Å². The van der Waals surface area contributed by atoms with Crippen LogP contribution < -0.4 is 11.3 Å². The summed E-state index contributed by atoms with van der Waals surface area (Å²) in [5.41, 5.74) is 4.08. The van der Waals surface area contributed by atoms with Crippen LogP contribution in [0.2, 0.25) is 0 Å². The van der Waals surface area contributed by atoms with Crippen molar-refractivity contribution < 1.29 is 4.39 Å². The van der Waals surface area contributed by atoms with Crippen LogP contribution in [0.15, 0.2) is 24.3 Å². The molecule has 3 N–H and O–H groups in total. The molecule has 1 fully saturated rings. The molecule has 1 aliphatic carbocycles. The van der Waals surface area contributed by atoms with Crippen molar-refractivity contribution in [2.75, 3.05) is 14.1 Å². The summed E-state index contributed by atoms with van der Waals surface area (Å²) in [7, 11) is 4.28. The van der Waals surface area contributed by atoms with Gasteiger partial charge in [0, 0.05) is 11.6 Å². The smallest absolute Gasteiger partial charge is 0.123 e. The van der Waals surface area contributed by atoms with Crippen LogP contribution in [-0.2, 0) is 6.42 Å². The number of nitrogens with two attached hydrogens (primary N) is 1. The minimum absolute atomic E-state index is 0.0531. The van der Waals surface area contributed by atoms with Crippen LogP contribution in [0.3, 0.4) is 0 Å². The lowest BCUT2D eigenvalue weighted by Gasteiger charge is -2.45. The van der Waals surface area contributed by atoms with Crippen LogP contribution in [-0.4, -0.2) is 30.6 Å². The van der Waals surface area contributed by atoms with Gasteiger partial charge in [-0.15, -0.1) is 0 Å². The molecule has 1 atom stereocenters. The molecule has 0 bridgehead atoms. The van der Waals surface area contributed by atoms with Crippen molar-refractivity contribution in [1.82, 2.24) is 10.3 Å². The first-order chi connectivity index (χ1) is 10.1. The average molecular weight is 293 g/mol. The Hall–Kier alpha value is -0.970. The van der Waals surface area contributed by atoms with E-state index in [0.29, 0.717) is 0 Å². The van der Waals surface area contributed by atoms with Crippen LogP contribution in [0.4, 0.5) is 4.39 Å². The van der Waals surface area contributed by atoms with Crippen molar-refractivity contribution in [3.05, 3.63) is 35.6 Å². The molecule has 0 amide bonds. The second kappa shape index (κ2) is 7.34. The fourth-order valence-corrected chi connectivity index (χ4v) is 3.75. The number of hydrazine groups is 1. The number of rotatable bonds is 5. The summed E-state index contributed by atoms with van der Waals surface area (Å²) in [4.78, 5) is 2.32. The van der Waals surface area contributed by atoms with Crippen LogP contribution in [0.25, 0.3) is 0 Å². The van der Waals surface area contributed by atoms with Gasteiger partial charge in [0.1, 0.15) is 5.82 Å². The van der Waals surface area contributed by atoms with E-state index in [9.17, 15) is 4.39 Å². The van der Waals surface area contributed by atoms with Gasteiger partial charge < -0.3 is 4.90 Å². The number of halogens is 1. The van der Waals surface area contributed by atoms with Gasteiger partial charge in [-0.05, 0) is 51.1 Å². The Kier molecular flexibility index (Phi) is 5.73. The van der Waals surface area contributed by atoms with Crippen molar-refractivity contribution in [3.63, 3.8) is 0 Å². The first kappa shape index (κ1) is 16.4. The number of likely N-dealkylation sites (N-methyl/N-ethyl adjacent to an activating group) is 1. The largest absolute Gasteiger partial charge is 0.302 e. The summed E-state index contributed by atoms with van der Waals surface area (Å²) in [6, 6.07) is 6.99. The predicted octanol–water partition coefficient (Wildman–Crippen LogP) is 2.85. The summed E-state index contributed by atoms with van der Waals surface area (Å²) in [6.07, 6.45) is 8.11. The highest BCUT2D eigenvalue weighted by Gasteiger charge is 2.40. The Balaban J connectivity index is 2.23. The fraction of sp³-hybridized carbons (Fsp3) is 0.647. The Labute approximate surface area is 127 Å². The van der Waals surface area contributed by atoms with E-state index in [2.05, 4.69) is 24.4 Å². The molecule has 1 unspecified atom stereocenters. The van der Waals surface area contributed by atoms with E-state index in [1.165, 1.54) is 31.7 Å². The third kappa shape index (κ3) is 3.82. The van der Waals surface area contributed by atoms with Gasteiger partial charge in [-0.1, -0.05) is 37.8 Å². The summed E-state index contributed by atoms with van der Waals surface area (Å²) in [5, 5.41) is 0. The molecular formula is C17H28FN3. The maximum atomic E-state index is 13.4. The van der Waals surface area contributed by atoms with Gasteiger partial charge in [-0.25, -0.2) is 4.39 Å². The van der Waals surface area contributed by atoms with Gasteiger partial charge in [0.25, 0.3) is 0 Å². The molecular weight excluding hydrogens is 265 g/mol. The highest BCUT2D eigenvalue weighted by Crippen LogP contribution is 2.35. The van der Waals surface area contributed by atoms with Gasteiger partial charge in [0.05, 0.1) is 0 Å². The van der Waals surface area contributed by atoms with Crippen molar-refractivity contribution in [2.24, 2.45) is 5.84 Å². The van der Waals surface area contributed by atoms with Gasteiger partial charge in [-0.3, -0.25) is 11.3 Å². The average Bonchev–Trinajstić information content (AvgIpc) is 2.71. The van der Waals surface area contributed by atoms with Gasteiger partial charge in [-0.2, -0.15) is 0 Å². The van der Waals surface area contributed by atoms with Crippen molar-refractivity contribution >= 4 is 0 Å². The first-order valence-electron chi connectivity index (χ1n) is 7.96. The first-order valence-corrected chi connectivity index (χ1v) is 7.96. The van der Waals surface area contributed by atoms with Gasteiger partial charge >= 0.3 is 0 Å². The Bertz CT molecular complexity index is 439. The lowest BCUT2D eigenvalue weighted by atomic mass is 9.79. The topological polar surface area (TPSA) is 41.3 Å². The van der Waals surface area contributed by atoms with E-state index in [1.807, 2.05) is 6.07 Å². The summed E-state index contributed by atoms with van der Waals surface area (Å²) in [6.45, 7) is 0. The third-order valence-corrected chi connectivity index (χ3v) is 5.04. The van der Waals surface area contributed by atoms with E-state index < -0.39 is 0 Å². The molecule has 1 aromatic carbocycles. The standard InChI is InChI=1S/C17H28FN3/c1-21(2)17(10-5-3-4-6-11-17)16(20-19)13-14-8-7-9-15(18)12-14/h7-9,12,16,20H,3-6,10-11,13,19H2,1-2H3. The van der Waals surface area contributed by atoms with Crippen molar-refractivity contribution in [2.45, 2.75) is 56.5 Å². The molecule has 3 nitrogen and oxygen atoms in total. The van der Waals surface area contributed by atoms with E-state index >= 15 is 0 Å². The highest BCUT2D eigenvalue weighted by molar-refractivity contribution is 5.19. The molecule has 0 spiro atoms. The molecule has 4 heteroatoms. The fourth-order valence-electron chi connectivity index (χ4n) is 3.75. The maximum absolute atomic E-state index is 13.4. The Morgan fingerprint density at radius 3 is 2.43 bits per heavy atom. The quantitative estimate of drug-likeness (QED) is 0.498. The predicted molar refractivity (Wildman–Crippen MR) is 85.3 cm³/mol. The number of nitrogens with one attached hydrogen (secondary N) is 1. The number of nitrogens with zero attached hydrogens (tertiary/aromatic N) is 1. The van der Waals surface area contributed by atoms with Gasteiger partial charge in [0.15, 0.2) is 0 Å². The molecule has 0 radical (unpaired) electrons. The Morgan fingerprint density at radius 1 is 1.24 bits per heavy atom. The zero-order valence-electron chi connectivity index (χ0n) is 13.2. The SMILES string of the molecule is CN(C)C1(C(Cc2cccc(F)c2)NN)CCCCCC1. The maximum Gasteiger partial charge on any atom is 0.123 e. The lowest BCUT2D eigenvalue weighted by Crippen LogP contribution is -2.61. The van der Waals surface area contributed by atoms with Crippen LogP contribution in [0.5, 0.6) is 0 Å².